The molecule has 3 nitrogen and oxygen atoms in total. The van der Waals surface area contributed by atoms with Gasteiger partial charge in [0.25, 0.3) is 0 Å². The van der Waals surface area contributed by atoms with Gasteiger partial charge in [-0.25, -0.2) is 5.48 Å². The number of amides is 1. The Bertz CT molecular complexity index is 196. The van der Waals surface area contributed by atoms with E-state index in [-0.39, 0.29) is 12.0 Å². The minimum Gasteiger partial charge on any atom is -0.273 e. The van der Waals surface area contributed by atoms with Gasteiger partial charge in [0.1, 0.15) is 0 Å². The number of hydrogen-bond acceptors (Lipinski definition) is 2. The van der Waals surface area contributed by atoms with Gasteiger partial charge in [-0.2, -0.15) is 0 Å². The van der Waals surface area contributed by atoms with Crippen LogP contribution in [0.3, 0.4) is 0 Å². The van der Waals surface area contributed by atoms with Crippen molar-refractivity contribution in [2.75, 3.05) is 0 Å². The zero-order valence-corrected chi connectivity index (χ0v) is 10.0. The summed E-state index contributed by atoms with van der Waals surface area (Å²) in [5, 5.41) is 0. The molecule has 3 heteroatoms. The van der Waals surface area contributed by atoms with Crippen LogP contribution in [0.5, 0.6) is 0 Å². The molecule has 0 spiro atoms. The average molecular weight is 225 g/mol. The predicted molar refractivity (Wildman–Crippen MR) is 62.7 cm³/mol. The quantitative estimate of drug-likeness (QED) is 0.730. The number of nitrogens with one attached hydrogen (secondary N) is 1. The fraction of sp³-hybridized carbons (Fsp3) is 0.923. The molecule has 0 aromatic heterocycles. The highest BCUT2D eigenvalue weighted by Crippen LogP contribution is 2.28. The number of hydrogen-bond donors (Lipinski definition) is 1. The first kappa shape index (κ1) is 11.9. The van der Waals surface area contributed by atoms with Gasteiger partial charge >= 0.3 is 0 Å². The van der Waals surface area contributed by atoms with Crippen LogP contribution in [0.25, 0.3) is 0 Å². The van der Waals surface area contributed by atoms with Crippen molar-refractivity contribution in [2.24, 2.45) is 5.92 Å². The van der Waals surface area contributed by atoms with E-state index in [9.17, 15) is 4.79 Å². The lowest BCUT2D eigenvalue weighted by Gasteiger charge is -2.12. The molecule has 0 radical (unpaired) electrons. The van der Waals surface area contributed by atoms with Crippen molar-refractivity contribution >= 4 is 5.91 Å². The first-order chi connectivity index (χ1) is 7.84. The maximum atomic E-state index is 11.5. The molecule has 0 saturated heterocycles. The highest BCUT2D eigenvalue weighted by atomic mass is 16.7. The zero-order valence-electron chi connectivity index (χ0n) is 10.0. The van der Waals surface area contributed by atoms with E-state index in [0.29, 0.717) is 6.42 Å². The average Bonchev–Trinajstić information content (AvgIpc) is 2.96. The van der Waals surface area contributed by atoms with E-state index in [2.05, 4.69) is 5.48 Å². The fourth-order valence-electron chi connectivity index (χ4n) is 2.84. The van der Waals surface area contributed by atoms with Crippen LogP contribution < -0.4 is 5.48 Å². The summed E-state index contributed by atoms with van der Waals surface area (Å²) >= 11 is 0. The summed E-state index contributed by atoms with van der Waals surface area (Å²) in [6, 6.07) is 0. The van der Waals surface area contributed by atoms with Crippen LogP contribution in [-0.2, 0) is 9.63 Å². The molecule has 2 saturated carbocycles. The number of hydroxylamine groups is 1. The van der Waals surface area contributed by atoms with Gasteiger partial charge < -0.3 is 0 Å². The van der Waals surface area contributed by atoms with Crippen LogP contribution in [0.15, 0.2) is 0 Å². The van der Waals surface area contributed by atoms with E-state index in [4.69, 9.17) is 4.84 Å². The third kappa shape index (κ3) is 3.78. The highest BCUT2D eigenvalue weighted by Gasteiger charge is 2.18. The third-order valence-electron chi connectivity index (χ3n) is 3.90. The topological polar surface area (TPSA) is 38.3 Å². The Morgan fingerprint density at radius 2 is 1.69 bits per heavy atom. The second-order valence-electron chi connectivity index (χ2n) is 5.24. The second-order valence-corrected chi connectivity index (χ2v) is 5.24. The van der Waals surface area contributed by atoms with Crippen LogP contribution in [0.2, 0.25) is 0 Å². The summed E-state index contributed by atoms with van der Waals surface area (Å²) in [6.07, 6.45) is 12.0. The predicted octanol–water partition coefficient (Wildman–Crippen LogP) is 2.95. The van der Waals surface area contributed by atoms with Crippen LogP contribution in [0, 0.1) is 5.92 Å². The standard InChI is InChI=1S/C13H23NO2/c15-13(10-9-11-5-1-2-6-11)14-16-12-7-3-4-8-12/h11-12H,1-10H2,(H,14,15). The monoisotopic (exact) mass is 225 g/mol. The smallest absolute Gasteiger partial charge is 0.243 e. The molecule has 2 fully saturated rings. The van der Waals surface area contributed by atoms with E-state index < -0.39 is 0 Å². The molecule has 2 aliphatic carbocycles. The zero-order chi connectivity index (χ0) is 11.2. The van der Waals surface area contributed by atoms with Crippen LogP contribution in [-0.4, -0.2) is 12.0 Å². The largest absolute Gasteiger partial charge is 0.273 e. The van der Waals surface area contributed by atoms with Crippen molar-refractivity contribution in [3.8, 4) is 0 Å². The Morgan fingerprint density at radius 1 is 1.06 bits per heavy atom. The van der Waals surface area contributed by atoms with Gasteiger partial charge in [0, 0.05) is 6.42 Å². The summed E-state index contributed by atoms with van der Waals surface area (Å²) in [5.41, 5.74) is 2.61. The van der Waals surface area contributed by atoms with Crippen molar-refractivity contribution in [3.63, 3.8) is 0 Å². The molecule has 1 N–H and O–H groups in total. The highest BCUT2D eigenvalue weighted by molar-refractivity contribution is 5.74. The normalized spacial score (nSPS) is 22.8. The van der Waals surface area contributed by atoms with Gasteiger partial charge in [0.2, 0.25) is 5.91 Å². The summed E-state index contributed by atoms with van der Waals surface area (Å²) in [6.45, 7) is 0. The van der Waals surface area contributed by atoms with Gasteiger partial charge in [0.05, 0.1) is 6.10 Å². The van der Waals surface area contributed by atoms with Crippen LogP contribution in [0.1, 0.15) is 64.2 Å². The maximum Gasteiger partial charge on any atom is 0.243 e. The van der Waals surface area contributed by atoms with E-state index >= 15 is 0 Å². The van der Waals surface area contributed by atoms with Crippen LogP contribution >= 0.6 is 0 Å². The summed E-state index contributed by atoms with van der Waals surface area (Å²) in [5.74, 6) is 0.857. The maximum absolute atomic E-state index is 11.5. The number of rotatable bonds is 5. The van der Waals surface area contributed by atoms with Crippen molar-refractivity contribution in [1.29, 1.82) is 0 Å². The Kier molecular flexibility index (Phi) is 4.64. The van der Waals surface area contributed by atoms with Crippen molar-refractivity contribution < 1.29 is 9.63 Å². The molecule has 2 rings (SSSR count). The van der Waals surface area contributed by atoms with Crippen LogP contribution in [0.4, 0.5) is 0 Å². The summed E-state index contributed by atoms with van der Waals surface area (Å²) in [4.78, 5) is 16.9. The minimum absolute atomic E-state index is 0.0683. The number of carbonyl (C=O) groups is 1. The molecule has 0 bridgehead atoms. The van der Waals surface area contributed by atoms with Gasteiger partial charge in [0.15, 0.2) is 0 Å². The van der Waals surface area contributed by atoms with E-state index in [1.54, 1.807) is 0 Å². The molecule has 0 atom stereocenters. The van der Waals surface area contributed by atoms with E-state index in [0.717, 1.165) is 25.2 Å². The molecule has 0 aromatic rings. The SMILES string of the molecule is O=C(CCC1CCCC1)NOC1CCCC1. The second kappa shape index (κ2) is 6.24. The lowest BCUT2D eigenvalue weighted by atomic mass is 10.0. The molecule has 0 heterocycles. The van der Waals surface area contributed by atoms with Gasteiger partial charge in [-0.15, -0.1) is 0 Å². The molecule has 16 heavy (non-hydrogen) atoms. The van der Waals surface area contributed by atoms with E-state index in [1.807, 2.05) is 0 Å². The molecular weight excluding hydrogens is 202 g/mol. The fourth-order valence-corrected chi connectivity index (χ4v) is 2.84. The third-order valence-corrected chi connectivity index (χ3v) is 3.90. The van der Waals surface area contributed by atoms with Gasteiger partial charge in [-0.3, -0.25) is 9.63 Å². The molecule has 0 unspecified atom stereocenters. The Morgan fingerprint density at radius 3 is 2.38 bits per heavy atom. The molecule has 1 amide bonds. The molecule has 0 aliphatic heterocycles. The van der Waals surface area contributed by atoms with E-state index in [1.165, 1.54) is 38.5 Å². The number of carbonyl (C=O) groups excluding carboxylic acids is 1. The van der Waals surface area contributed by atoms with Gasteiger partial charge in [-0.05, 0) is 25.2 Å². The first-order valence-electron chi connectivity index (χ1n) is 6.79. The Balaban J connectivity index is 1.53. The Labute approximate surface area is 97.9 Å². The Hall–Kier alpha value is -0.570. The van der Waals surface area contributed by atoms with Crippen molar-refractivity contribution in [3.05, 3.63) is 0 Å². The minimum atomic E-state index is 0.0683. The van der Waals surface area contributed by atoms with Crippen molar-refractivity contribution in [1.82, 2.24) is 5.48 Å². The molecule has 92 valence electrons. The summed E-state index contributed by atoms with van der Waals surface area (Å²) in [7, 11) is 0. The first-order valence-corrected chi connectivity index (χ1v) is 6.79. The lowest BCUT2D eigenvalue weighted by molar-refractivity contribution is -0.138. The van der Waals surface area contributed by atoms with Gasteiger partial charge in [-0.1, -0.05) is 38.5 Å². The van der Waals surface area contributed by atoms with Crippen molar-refractivity contribution in [2.45, 2.75) is 70.3 Å². The molecular formula is C13H23NO2. The molecule has 2 aliphatic rings. The lowest BCUT2D eigenvalue weighted by Crippen LogP contribution is -2.28. The molecule has 0 aromatic carbocycles. The summed E-state index contributed by atoms with van der Waals surface area (Å²) < 4.78 is 0.